The first-order chi connectivity index (χ1) is 5.63. The fourth-order valence-corrected chi connectivity index (χ4v) is 1.11. The van der Waals surface area contributed by atoms with Gasteiger partial charge in [-0.2, -0.15) is 0 Å². The number of carbonyl (C=O) groups is 2. The number of hydrogen-bond donors (Lipinski definition) is 1. The van der Waals surface area contributed by atoms with Crippen LogP contribution in [0.15, 0.2) is 24.3 Å². The molecule has 1 rings (SSSR count). The van der Waals surface area contributed by atoms with E-state index in [-0.39, 0.29) is 5.78 Å². The molecule has 12 heavy (non-hydrogen) atoms. The summed E-state index contributed by atoms with van der Waals surface area (Å²) in [4.78, 5) is 21.7. The molecule has 0 aromatic carbocycles. The van der Waals surface area contributed by atoms with Crippen molar-refractivity contribution in [2.45, 2.75) is 6.92 Å². The maximum absolute atomic E-state index is 11.1. The highest BCUT2D eigenvalue weighted by molar-refractivity contribution is 5.97. The second kappa shape index (κ2) is 3.34. The highest BCUT2D eigenvalue weighted by atomic mass is 16.4. The second-order valence-electron chi connectivity index (χ2n) is 2.80. The van der Waals surface area contributed by atoms with E-state index in [1.807, 2.05) is 0 Å². The van der Waals surface area contributed by atoms with Crippen LogP contribution in [0.4, 0.5) is 0 Å². The number of carbonyl (C=O) groups excluding carboxylic acids is 1. The lowest BCUT2D eigenvalue weighted by Gasteiger charge is -2.15. The molecule has 1 aliphatic rings. The predicted molar refractivity (Wildman–Crippen MR) is 43.6 cm³/mol. The molecule has 0 fully saturated rings. The highest BCUT2D eigenvalue weighted by Crippen LogP contribution is 2.18. The average molecular weight is 166 g/mol. The molecule has 0 spiro atoms. The molecule has 0 amide bonds. The van der Waals surface area contributed by atoms with Gasteiger partial charge in [-0.25, -0.2) is 0 Å². The Balaban J connectivity index is 2.76. The summed E-state index contributed by atoms with van der Waals surface area (Å²) < 4.78 is 0. The van der Waals surface area contributed by atoms with E-state index in [9.17, 15) is 9.59 Å². The lowest BCUT2D eigenvalue weighted by atomic mass is 9.87. The van der Waals surface area contributed by atoms with Gasteiger partial charge in [-0.05, 0) is 6.08 Å². The Labute approximate surface area is 70.4 Å². The number of hydrogen-bond acceptors (Lipinski definition) is 2. The van der Waals surface area contributed by atoms with Crippen LogP contribution in [0.2, 0.25) is 0 Å². The van der Waals surface area contributed by atoms with E-state index in [0.717, 1.165) is 0 Å². The molecule has 0 heterocycles. The van der Waals surface area contributed by atoms with E-state index in [1.54, 1.807) is 18.2 Å². The third kappa shape index (κ3) is 1.61. The summed E-state index contributed by atoms with van der Waals surface area (Å²) in [7, 11) is 0. The van der Waals surface area contributed by atoms with Gasteiger partial charge in [-0.3, -0.25) is 9.59 Å². The first-order valence-corrected chi connectivity index (χ1v) is 3.74. The molecular formula is C9H10O3. The van der Waals surface area contributed by atoms with Crippen LogP contribution in [0, 0.1) is 11.8 Å². The maximum atomic E-state index is 11.1. The number of carboxylic acids is 1. The molecular weight excluding hydrogens is 156 g/mol. The largest absolute Gasteiger partial charge is 0.481 e. The van der Waals surface area contributed by atoms with Crippen molar-refractivity contribution in [1.82, 2.24) is 0 Å². The van der Waals surface area contributed by atoms with Gasteiger partial charge < -0.3 is 5.11 Å². The van der Waals surface area contributed by atoms with Crippen LogP contribution in [0.1, 0.15) is 6.92 Å². The molecule has 1 N–H and O–H groups in total. The molecule has 0 radical (unpaired) electrons. The van der Waals surface area contributed by atoms with Gasteiger partial charge in [0.05, 0.1) is 11.8 Å². The van der Waals surface area contributed by atoms with Crippen LogP contribution in [-0.4, -0.2) is 16.9 Å². The predicted octanol–water partition coefficient (Wildman–Crippen LogP) is 1.02. The van der Waals surface area contributed by atoms with Gasteiger partial charge in [-0.15, -0.1) is 0 Å². The number of rotatable bonds is 2. The Kier molecular flexibility index (Phi) is 2.43. The Morgan fingerprint density at radius 2 is 2.25 bits per heavy atom. The normalized spacial score (nSPS) is 24.1. The first-order valence-electron chi connectivity index (χ1n) is 3.74. The van der Waals surface area contributed by atoms with E-state index in [0.29, 0.717) is 0 Å². The number of allylic oxidation sites excluding steroid dienone is 4. The van der Waals surface area contributed by atoms with Crippen molar-refractivity contribution in [2.24, 2.45) is 11.8 Å². The molecule has 0 bridgehead atoms. The zero-order chi connectivity index (χ0) is 9.14. The minimum Gasteiger partial charge on any atom is -0.481 e. The third-order valence-corrected chi connectivity index (χ3v) is 1.95. The van der Waals surface area contributed by atoms with Crippen molar-refractivity contribution in [1.29, 1.82) is 0 Å². The number of ketones is 1. The van der Waals surface area contributed by atoms with Crippen LogP contribution in [0.5, 0.6) is 0 Å². The minimum atomic E-state index is -0.937. The Morgan fingerprint density at radius 3 is 2.75 bits per heavy atom. The van der Waals surface area contributed by atoms with Gasteiger partial charge >= 0.3 is 5.97 Å². The average Bonchev–Trinajstić information content (AvgIpc) is 2.04. The fourth-order valence-electron chi connectivity index (χ4n) is 1.11. The van der Waals surface area contributed by atoms with E-state index in [4.69, 9.17) is 5.11 Å². The van der Waals surface area contributed by atoms with Gasteiger partial charge in [0.25, 0.3) is 0 Å². The van der Waals surface area contributed by atoms with Crippen molar-refractivity contribution in [2.75, 3.05) is 0 Å². The summed E-state index contributed by atoms with van der Waals surface area (Å²) in [5.41, 5.74) is 0. The van der Waals surface area contributed by atoms with E-state index in [1.165, 1.54) is 13.0 Å². The van der Waals surface area contributed by atoms with Crippen LogP contribution < -0.4 is 0 Å². The standard InChI is InChI=1S/C9H10O3/c1-6(9(11)12)7-4-2-3-5-8(7)10/h2-7H,1H3,(H,11,12). The molecule has 0 aliphatic heterocycles. The third-order valence-electron chi connectivity index (χ3n) is 1.95. The fraction of sp³-hybridized carbons (Fsp3) is 0.333. The topological polar surface area (TPSA) is 54.4 Å². The van der Waals surface area contributed by atoms with Gasteiger partial charge in [0.15, 0.2) is 5.78 Å². The van der Waals surface area contributed by atoms with Gasteiger partial charge in [0.2, 0.25) is 0 Å². The smallest absolute Gasteiger partial charge is 0.307 e. The van der Waals surface area contributed by atoms with E-state index >= 15 is 0 Å². The zero-order valence-electron chi connectivity index (χ0n) is 6.73. The summed E-state index contributed by atoms with van der Waals surface area (Å²) in [6.07, 6.45) is 6.35. The molecule has 0 aromatic heterocycles. The summed E-state index contributed by atoms with van der Waals surface area (Å²) in [5.74, 6) is -2.20. The van der Waals surface area contributed by atoms with Crippen molar-refractivity contribution in [3.8, 4) is 0 Å². The number of carboxylic acid groups (broad SMARTS) is 1. The van der Waals surface area contributed by atoms with E-state index < -0.39 is 17.8 Å². The first kappa shape index (κ1) is 8.71. The molecule has 2 atom stereocenters. The Morgan fingerprint density at radius 1 is 1.58 bits per heavy atom. The molecule has 1 aliphatic carbocycles. The molecule has 3 nitrogen and oxygen atoms in total. The lowest BCUT2D eigenvalue weighted by molar-refractivity contribution is -0.144. The van der Waals surface area contributed by atoms with Crippen LogP contribution in [0.3, 0.4) is 0 Å². The SMILES string of the molecule is CC(C(=O)O)C1C=CC=CC1=O. The quantitative estimate of drug-likeness (QED) is 0.666. The number of aliphatic carboxylic acids is 1. The van der Waals surface area contributed by atoms with Crippen LogP contribution in [0.25, 0.3) is 0 Å². The van der Waals surface area contributed by atoms with Gasteiger partial charge in [0.1, 0.15) is 0 Å². The molecule has 0 saturated heterocycles. The minimum absolute atomic E-state index is 0.132. The summed E-state index contributed by atoms with van der Waals surface area (Å²) in [6.45, 7) is 1.54. The van der Waals surface area contributed by atoms with Crippen LogP contribution in [-0.2, 0) is 9.59 Å². The van der Waals surface area contributed by atoms with Gasteiger partial charge in [-0.1, -0.05) is 25.2 Å². The lowest BCUT2D eigenvalue weighted by Crippen LogP contribution is -2.25. The summed E-state index contributed by atoms with van der Waals surface area (Å²) >= 11 is 0. The molecule has 3 heteroatoms. The summed E-state index contributed by atoms with van der Waals surface area (Å²) in [5, 5.41) is 8.64. The maximum Gasteiger partial charge on any atom is 0.307 e. The van der Waals surface area contributed by atoms with Crippen molar-refractivity contribution < 1.29 is 14.7 Å². The Hall–Kier alpha value is -1.38. The molecule has 64 valence electrons. The monoisotopic (exact) mass is 166 g/mol. The Bertz CT molecular complexity index is 263. The molecule has 2 unspecified atom stereocenters. The molecule has 0 saturated carbocycles. The zero-order valence-corrected chi connectivity index (χ0v) is 6.73. The van der Waals surface area contributed by atoms with Crippen molar-refractivity contribution in [3.63, 3.8) is 0 Å². The summed E-state index contributed by atoms with van der Waals surface area (Å²) in [6, 6.07) is 0. The van der Waals surface area contributed by atoms with E-state index in [2.05, 4.69) is 0 Å². The second-order valence-corrected chi connectivity index (χ2v) is 2.80. The van der Waals surface area contributed by atoms with Crippen molar-refractivity contribution >= 4 is 11.8 Å². The van der Waals surface area contributed by atoms with Crippen LogP contribution >= 0.6 is 0 Å². The van der Waals surface area contributed by atoms with Crippen molar-refractivity contribution in [3.05, 3.63) is 24.3 Å². The van der Waals surface area contributed by atoms with Gasteiger partial charge in [0, 0.05) is 0 Å². The molecule has 0 aromatic rings. The highest BCUT2D eigenvalue weighted by Gasteiger charge is 2.26.